The molecule has 0 atom stereocenters. The molecule has 3 heterocycles. The molecule has 2 aromatic heterocycles. The summed E-state index contributed by atoms with van der Waals surface area (Å²) in [6.07, 6.45) is 2.60. The Balaban J connectivity index is 1.47. The van der Waals surface area contributed by atoms with Gasteiger partial charge in [0.15, 0.2) is 8.32 Å². The highest BCUT2D eigenvalue weighted by molar-refractivity contribution is 6.74. The van der Waals surface area contributed by atoms with Crippen LogP contribution in [0.1, 0.15) is 60.1 Å². The first-order valence-corrected chi connectivity index (χ1v) is 19.0. The Hall–Kier alpha value is -3.52. The van der Waals surface area contributed by atoms with Crippen molar-refractivity contribution in [1.29, 1.82) is 0 Å². The number of amides is 1. The largest absolute Gasteiger partial charge is 0.460 e. The third-order valence-electron chi connectivity index (χ3n) is 8.34. The van der Waals surface area contributed by atoms with Crippen molar-refractivity contribution in [1.82, 2.24) is 25.1 Å². The maximum Gasteiger partial charge on any atom is 0.309 e. The van der Waals surface area contributed by atoms with Gasteiger partial charge in [0.25, 0.3) is 0 Å². The van der Waals surface area contributed by atoms with Crippen LogP contribution in [-0.4, -0.2) is 70.5 Å². The van der Waals surface area contributed by atoms with Gasteiger partial charge in [0.05, 0.1) is 30.5 Å². The van der Waals surface area contributed by atoms with Crippen LogP contribution in [0.15, 0.2) is 36.7 Å². The molecule has 47 heavy (non-hydrogen) atoms. The quantitative estimate of drug-likeness (QED) is 0.170. The van der Waals surface area contributed by atoms with E-state index < -0.39 is 19.7 Å². The van der Waals surface area contributed by atoms with Gasteiger partial charge in [0.1, 0.15) is 35.1 Å². The summed E-state index contributed by atoms with van der Waals surface area (Å²) in [5.41, 5.74) is 0.984. The zero-order valence-corrected chi connectivity index (χ0v) is 30.2. The number of carbonyl (C=O) groups excluding carboxylic acids is 2. The van der Waals surface area contributed by atoms with E-state index in [-0.39, 0.29) is 47.2 Å². The van der Waals surface area contributed by atoms with E-state index in [1.165, 1.54) is 24.5 Å². The molecule has 254 valence electrons. The normalized spacial score (nSPS) is 14.9. The summed E-state index contributed by atoms with van der Waals surface area (Å²) in [6.45, 7) is 17.9. The van der Waals surface area contributed by atoms with E-state index in [1.807, 2.05) is 25.7 Å². The van der Waals surface area contributed by atoms with Crippen LogP contribution in [0.5, 0.6) is 0 Å². The lowest BCUT2D eigenvalue weighted by atomic mass is 9.96. The lowest BCUT2D eigenvalue weighted by Crippen LogP contribution is -2.42. The number of aromatic nitrogens is 4. The van der Waals surface area contributed by atoms with Crippen molar-refractivity contribution in [3.8, 4) is 11.3 Å². The molecule has 2 N–H and O–H groups in total. The molecule has 11 nitrogen and oxygen atoms in total. The second kappa shape index (κ2) is 14.7. The molecule has 1 amide bonds. The number of nitrogens with zero attached hydrogens (tertiary/aromatic N) is 5. The molecule has 1 aliphatic rings. The zero-order valence-electron chi connectivity index (χ0n) is 28.4. The average molecular weight is 686 g/mol. The summed E-state index contributed by atoms with van der Waals surface area (Å²) in [5.74, 6) is -0.392. The molecule has 1 aliphatic heterocycles. The van der Waals surface area contributed by atoms with Gasteiger partial charge in [-0.15, -0.1) is 5.10 Å². The predicted octanol–water partition coefficient (Wildman–Crippen LogP) is 6.98. The maximum absolute atomic E-state index is 14.8. The Morgan fingerprint density at radius 2 is 1.70 bits per heavy atom. The number of halogens is 2. The average Bonchev–Trinajstić information content (AvgIpc) is 2.97. The third-order valence-corrected chi connectivity index (χ3v) is 13.1. The number of carbonyl (C=O) groups is 2. The van der Waals surface area contributed by atoms with Crippen molar-refractivity contribution in [3.05, 3.63) is 53.2 Å². The van der Waals surface area contributed by atoms with Crippen LogP contribution < -0.4 is 10.6 Å². The monoisotopic (exact) mass is 685 g/mol. The fourth-order valence-corrected chi connectivity index (χ4v) is 5.75. The molecule has 14 heteroatoms. The molecule has 0 unspecified atom stereocenters. The second-order valence-corrected chi connectivity index (χ2v) is 19.6. The lowest BCUT2D eigenvalue weighted by molar-refractivity contribution is -0.161. The van der Waals surface area contributed by atoms with E-state index in [0.29, 0.717) is 54.0 Å². The number of likely N-dealkylation sites (tertiary alicyclic amines) is 1. The first-order chi connectivity index (χ1) is 21.9. The van der Waals surface area contributed by atoms with Gasteiger partial charge in [-0.2, -0.15) is 5.10 Å². The maximum atomic E-state index is 14.8. The van der Waals surface area contributed by atoms with Gasteiger partial charge in [0, 0.05) is 16.7 Å². The number of esters is 1. The minimum absolute atomic E-state index is 0.0222. The molecule has 1 aromatic carbocycles. The predicted molar refractivity (Wildman–Crippen MR) is 183 cm³/mol. The molecule has 0 saturated carbocycles. The van der Waals surface area contributed by atoms with Crippen LogP contribution >= 0.6 is 11.6 Å². The highest BCUT2D eigenvalue weighted by Crippen LogP contribution is 2.38. The molecule has 4 rings (SSSR count). The summed E-state index contributed by atoms with van der Waals surface area (Å²) in [4.78, 5) is 35.9. The second-order valence-electron chi connectivity index (χ2n) is 14.3. The molecule has 0 spiro atoms. The molecular weight excluding hydrogens is 641 g/mol. The van der Waals surface area contributed by atoms with Gasteiger partial charge in [-0.1, -0.05) is 32.4 Å². The number of hydrogen-bond acceptors (Lipinski definition) is 10. The molecule has 0 radical (unpaired) electrons. The Kier molecular flexibility index (Phi) is 11.4. The van der Waals surface area contributed by atoms with E-state index in [1.54, 1.807) is 12.1 Å². The fourth-order valence-electron chi connectivity index (χ4n) is 4.65. The smallest absolute Gasteiger partial charge is 0.309 e. The van der Waals surface area contributed by atoms with Crippen LogP contribution in [0.2, 0.25) is 23.2 Å². The van der Waals surface area contributed by atoms with Crippen molar-refractivity contribution in [2.75, 3.05) is 30.3 Å². The number of piperidine rings is 1. The summed E-state index contributed by atoms with van der Waals surface area (Å²) < 4.78 is 26.7. The number of hydrogen-bond donors (Lipinski definition) is 2. The van der Waals surface area contributed by atoms with Crippen LogP contribution in [0.25, 0.3) is 11.3 Å². The number of rotatable bonds is 10. The van der Waals surface area contributed by atoms with Crippen LogP contribution in [0, 0.1) is 11.7 Å². The van der Waals surface area contributed by atoms with Gasteiger partial charge in [-0.25, -0.2) is 14.4 Å². The molecule has 0 bridgehead atoms. The Bertz CT molecular complexity index is 1590. The summed E-state index contributed by atoms with van der Waals surface area (Å²) in [7, 11) is -2.13. The van der Waals surface area contributed by atoms with Crippen LogP contribution in [-0.2, 0) is 25.4 Å². The van der Waals surface area contributed by atoms with Crippen molar-refractivity contribution >= 4 is 49.1 Å². The highest BCUT2D eigenvalue weighted by Gasteiger charge is 2.37. The number of nitrogens with one attached hydrogen (secondary N) is 2. The minimum atomic E-state index is -2.13. The third kappa shape index (κ3) is 10.2. The summed E-state index contributed by atoms with van der Waals surface area (Å²) >= 11 is 6.15. The van der Waals surface area contributed by atoms with Gasteiger partial charge in [0.2, 0.25) is 5.91 Å². The first kappa shape index (κ1) is 36.3. The number of anilines is 3. The Morgan fingerprint density at radius 3 is 2.36 bits per heavy atom. The molecule has 1 fully saturated rings. The van der Waals surface area contributed by atoms with Gasteiger partial charge < -0.3 is 19.8 Å². The fraction of sp³-hybridized carbons (Fsp3) is 0.515. The van der Waals surface area contributed by atoms with Crippen molar-refractivity contribution in [2.24, 2.45) is 5.92 Å². The molecule has 1 saturated heterocycles. The SMILES string of the molecule is CC(C)(C)OC(=O)C1CCN(CC(=O)Nc2cc(Nc3cc(-c4cc(Cl)ccc4F)nnc3CO[Si](C)(C)C(C)(C)C)ncn2)CC1. The first-order valence-electron chi connectivity index (χ1n) is 15.7. The summed E-state index contributed by atoms with van der Waals surface area (Å²) in [6, 6.07) is 7.52. The molecular formula is C33H45ClFN7O4Si. The Labute approximate surface area is 282 Å². The van der Waals surface area contributed by atoms with E-state index in [0.717, 1.165) is 0 Å². The number of ether oxygens (including phenoxy) is 1. The van der Waals surface area contributed by atoms with Gasteiger partial charge in [-0.3, -0.25) is 14.5 Å². The Morgan fingerprint density at radius 1 is 1.02 bits per heavy atom. The number of benzene rings is 1. The minimum Gasteiger partial charge on any atom is -0.460 e. The highest BCUT2D eigenvalue weighted by atomic mass is 35.5. The molecule has 3 aromatic rings. The van der Waals surface area contributed by atoms with E-state index in [2.05, 4.69) is 64.7 Å². The molecule has 0 aliphatic carbocycles. The van der Waals surface area contributed by atoms with Gasteiger partial charge in [-0.05, 0) is 89.1 Å². The lowest BCUT2D eigenvalue weighted by Gasteiger charge is -2.36. The van der Waals surface area contributed by atoms with E-state index in [9.17, 15) is 14.0 Å². The van der Waals surface area contributed by atoms with Crippen LogP contribution in [0.4, 0.5) is 21.7 Å². The zero-order chi connectivity index (χ0) is 34.6. The van der Waals surface area contributed by atoms with Crippen LogP contribution in [0.3, 0.4) is 0 Å². The van der Waals surface area contributed by atoms with E-state index in [4.69, 9.17) is 20.8 Å². The van der Waals surface area contributed by atoms with Crippen molar-refractivity contribution < 1.29 is 23.1 Å². The topological polar surface area (TPSA) is 131 Å². The standard InChI is InChI=1S/C33H45ClFN7O4Si/c1-32(2,3)46-31(44)21-11-13-42(14-12-21)18-30(43)39-29-17-28(36-20-37-29)38-26-16-25(23-15-22(34)9-10-24(23)35)40-41-27(26)19-45-47(7,8)33(4,5)6/h9-10,15-17,20-21H,11-14,18-19H2,1-8H3,(H2,36,37,38,39,40,43). The van der Waals surface area contributed by atoms with Gasteiger partial charge >= 0.3 is 5.97 Å². The van der Waals surface area contributed by atoms with E-state index >= 15 is 0 Å². The van der Waals surface area contributed by atoms with Crippen molar-refractivity contribution in [2.45, 2.75) is 84.7 Å². The summed E-state index contributed by atoms with van der Waals surface area (Å²) in [5, 5.41) is 15.1. The van der Waals surface area contributed by atoms with Crippen molar-refractivity contribution in [3.63, 3.8) is 0 Å².